The van der Waals surface area contributed by atoms with Crippen LogP contribution in [0.3, 0.4) is 0 Å². The molecule has 0 saturated carbocycles. The Bertz CT molecular complexity index is 723. The number of amides is 1. The first kappa shape index (κ1) is 14.8. The topological polar surface area (TPSA) is 124 Å². The molecule has 1 heterocycles. The van der Waals surface area contributed by atoms with E-state index in [4.69, 9.17) is 5.73 Å². The highest BCUT2D eigenvalue weighted by atomic mass is 79.9. The minimum Gasteiger partial charge on any atom is -0.396 e. The lowest BCUT2D eigenvalue weighted by Crippen LogP contribution is -2.16. The number of halogens is 2. The smallest absolute Gasteiger partial charge is 0.285 e. The van der Waals surface area contributed by atoms with Gasteiger partial charge < -0.3 is 11.1 Å². The van der Waals surface area contributed by atoms with Crippen LogP contribution in [-0.2, 0) is 0 Å². The van der Waals surface area contributed by atoms with Crippen LogP contribution in [0.5, 0.6) is 0 Å². The average Bonchev–Trinajstić information content (AvgIpc) is 2.43. The number of aromatic nitrogens is 2. The first-order valence-corrected chi connectivity index (χ1v) is 6.20. The SMILES string of the molecule is Nc1cc(C(=O)Nc2cnc(Br)cn2)c([N+](=O)[O-])cc1F. The van der Waals surface area contributed by atoms with E-state index in [9.17, 15) is 19.3 Å². The van der Waals surface area contributed by atoms with Gasteiger partial charge in [-0.05, 0) is 22.0 Å². The van der Waals surface area contributed by atoms with Crippen molar-refractivity contribution in [3.8, 4) is 0 Å². The average molecular weight is 356 g/mol. The molecule has 0 fully saturated rings. The number of hydrogen-bond acceptors (Lipinski definition) is 6. The van der Waals surface area contributed by atoms with Crippen LogP contribution in [0, 0.1) is 15.9 Å². The molecule has 2 rings (SSSR count). The zero-order valence-electron chi connectivity index (χ0n) is 10.2. The Hall–Kier alpha value is -2.62. The summed E-state index contributed by atoms with van der Waals surface area (Å²) in [6, 6.07) is 1.49. The first-order chi connectivity index (χ1) is 9.88. The quantitative estimate of drug-likeness (QED) is 0.493. The number of nitro benzene ring substituents is 1. The van der Waals surface area contributed by atoms with Crippen LogP contribution in [0.1, 0.15) is 10.4 Å². The third-order valence-corrected chi connectivity index (χ3v) is 2.83. The van der Waals surface area contributed by atoms with Gasteiger partial charge in [0.05, 0.1) is 29.1 Å². The minimum absolute atomic E-state index is 0.0837. The van der Waals surface area contributed by atoms with E-state index in [1.165, 1.54) is 12.4 Å². The summed E-state index contributed by atoms with van der Waals surface area (Å²) in [6.45, 7) is 0. The second-order valence-corrected chi connectivity index (χ2v) is 4.64. The summed E-state index contributed by atoms with van der Waals surface area (Å²) in [6.07, 6.45) is 2.59. The van der Waals surface area contributed by atoms with Gasteiger partial charge in [-0.1, -0.05) is 0 Å². The van der Waals surface area contributed by atoms with Crippen LogP contribution >= 0.6 is 15.9 Å². The number of nitrogen functional groups attached to an aromatic ring is 1. The molecule has 108 valence electrons. The Kier molecular flexibility index (Phi) is 4.08. The monoisotopic (exact) mass is 355 g/mol. The van der Waals surface area contributed by atoms with Crippen LogP contribution < -0.4 is 11.1 Å². The molecule has 1 amide bonds. The van der Waals surface area contributed by atoms with Gasteiger partial charge in [0.2, 0.25) is 0 Å². The second-order valence-electron chi connectivity index (χ2n) is 3.83. The number of nitrogens with two attached hydrogens (primary N) is 1. The third-order valence-electron chi connectivity index (χ3n) is 2.42. The molecule has 21 heavy (non-hydrogen) atoms. The Balaban J connectivity index is 2.36. The molecule has 0 aliphatic heterocycles. The van der Waals surface area contributed by atoms with E-state index in [-0.39, 0.29) is 17.1 Å². The molecule has 0 spiro atoms. The summed E-state index contributed by atoms with van der Waals surface area (Å²) in [5.74, 6) is -1.73. The fourth-order valence-corrected chi connectivity index (χ4v) is 1.68. The summed E-state index contributed by atoms with van der Waals surface area (Å²) in [7, 11) is 0. The summed E-state index contributed by atoms with van der Waals surface area (Å²) in [4.78, 5) is 29.7. The van der Waals surface area contributed by atoms with Crippen molar-refractivity contribution < 1.29 is 14.1 Å². The van der Waals surface area contributed by atoms with Crippen molar-refractivity contribution in [2.24, 2.45) is 0 Å². The van der Waals surface area contributed by atoms with Gasteiger partial charge >= 0.3 is 0 Å². The van der Waals surface area contributed by atoms with Crippen molar-refractivity contribution >= 4 is 39.0 Å². The predicted molar refractivity (Wildman–Crippen MR) is 75.2 cm³/mol. The van der Waals surface area contributed by atoms with Crippen molar-refractivity contribution in [1.82, 2.24) is 9.97 Å². The van der Waals surface area contributed by atoms with Crippen LogP contribution in [0.15, 0.2) is 29.1 Å². The number of anilines is 2. The molecule has 10 heteroatoms. The maximum Gasteiger partial charge on any atom is 0.285 e. The maximum absolute atomic E-state index is 13.3. The van der Waals surface area contributed by atoms with Crippen molar-refractivity contribution in [3.63, 3.8) is 0 Å². The molecule has 0 aliphatic rings. The Morgan fingerprint density at radius 3 is 2.67 bits per heavy atom. The Morgan fingerprint density at radius 1 is 1.38 bits per heavy atom. The molecular weight excluding hydrogens is 349 g/mol. The molecule has 1 aromatic heterocycles. The predicted octanol–water partition coefficient (Wildman–Crippen LogP) is 2.12. The normalized spacial score (nSPS) is 10.2. The molecule has 0 aliphatic carbocycles. The van der Waals surface area contributed by atoms with Gasteiger partial charge in [-0.25, -0.2) is 14.4 Å². The molecule has 3 N–H and O–H groups in total. The van der Waals surface area contributed by atoms with Crippen LogP contribution in [-0.4, -0.2) is 20.8 Å². The summed E-state index contributed by atoms with van der Waals surface area (Å²) in [5, 5.41) is 13.2. The zero-order chi connectivity index (χ0) is 15.6. The number of nitro groups is 1. The van der Waals surface area contributed by atoms with Crippen LogP contribution in [0.4, 0.5) is 21.6 Å². The van der Waals surface area contributed by atoms with Crippen molar-refractivity contribution in [2.75, 3.05) is 11.1 Å². The van der Waals surface area contributed by atoms with Gasteiger partial charge in [-0.2, -0.15) is 0 Å². The fraction of sp³-hybridized carbons (Fsp3) is 0. The van der Waals surface area contributed by atoms with E-state index in [0.29, 0.717) is 10.7 Å². The molecule has 0 unspecified atom stereocenters. The van der Waals surface area contributed by atoms with Gasteiger partial charge in [0, 0.05) is 0 Å². The van der Waals surface area contributed by atoms with E-state index in [2.05, 4.69) is 31.2 Å². The van der Waals surface area contributed by atoms with E-state index in [0.717, 1.165) is 6.07 Å². The van der Waals surface area contributed by atoms with Gasteiger partial charge in [0.1, 0.15) is 10.2 Å². The standard InChI is InChI=1S/C11H7BrFN5O3/c12-9-3-16-10(4-15-9)17-11(19)5-1-7(14)6(13)2-8(5)18(20)21/h1-4H,14H2,(H,16,17,19). The third kappa shape index (κ3) is 3.28. The molecule has 0 atom stereocenters. The Labute approximate surface area is 125 Å². The van der Waals surface area contributed by atoms with Crippen LogP contribution in [0.25, 0.3) is 0 Å². The van der Waals surface area contributed by atoms with E-state index < -0.39 is 22.3 Å². The fourth-order valence-electron chi connectivity index (χ4n) is 1.47. The van der Waals surface area contributed by atoms with E-state index in [1.54, 1.807) is 0 Å². The van der Waals surface area contributed by atoms with Crippen molar-refractivity contribution in [3.05, 3.63) is 50.6 Å². The van der Waals surface area contributed by atoms with Gasteiger partial charge in [-0.15, -0.1) is 0 Å². The highest BCUT2D eigenvalue weighted by Gasteiger charge is 2.23. The molecule has 0 saturated heterocycles. The maximum atomic E-state index is 13.3. The first-order valence-electron chi connectivity index (χ1n) is 5.41. The molecule has 2 aromatic rings. The zero-order valence-corrected chi connectivity index (χ0v) is 11.8. The number of nitrogens with zero attached hydrogens (tertiary/aromatic N) is 3. The number of hydrogen-bond donors (Lipinski definition) is 2. The van der Waals surface area contributed by atoms with Gasteiger partial charge in [0.25, 0.3) is 11.6 Å². The highest BCUT2D eigenvalue weighted by molar-refractivity contribution is 9.10. The number of benzene rings is 1. The minimum atomic E-state index is -0.971. The van der Waals surface area contributed by atoms with Gasteiger partial charge in [-0.3, -0.25) is 14.9 Å². The lowest BCUT2D eigenvalue weighted by Gasteiger charge is -2.06. The highest BCUT2D eigenvalue weighted by Crippen LogP contribution is 2.25. The molecule has 0 radical (unpaired) electrons. The Morgan fingerprint density at radius 2 is 2.10 bits per heavy atom. The number of rotatable bonds is 3. The lowest BCUT2D eigenvalue weighted by molar-refractivity contribution is -0.385. The largest absolute Gasteiger partial charge is 0.396 e. The van der Waals surface area contributed by atoms with Crippen molar-refractivity contribution in [1.29, 1.82) is 0 Å². The van der Waals surface area contributed by atoms with E-state index in [1.807, 2.05) is 0 Å². The number of carbonyl (C=O) groups excluding carboxylic acids is 1. The molecule has 8 nitrogen and oxygen atoms in total. The molecule has 1 aromatic carbocycles. The number of carbonyl (C=O) groups is 1. The molecular formula is C11H7BrFN5O3. The van der Waals surface area contributed by atoms with Crippen LogP contribution in [0.2, 0.25) is 0 Å². The van der Waals surface area contributed by atoms with Gasteiger partial charge in [0.15, 0.2) is 11.6 Å². The molecule has 0 bridgehead atoms. The summed E-state index contributed by atoms with van der Waals surface area (Å²) < 4.78 is 13.7. The summed E-state index contributed by atoms with van der Waals surface area (Å²) >= 11 is 3.07. The lowest BCUT2D eigenvalue weighted by atomic mass is 10.1. The second kappa shape index (κ2) is 5.79. The van der Waals surface area contributed by atoms with Crippen molar-refractivity contribution in [2.45, 2.75) is 0 Å². The number of nitrogens with one attached hydrogen (secondary N) is 1. The summed E-state index contributed by atoms with van der Waals surface area (Å²) in [5.41, 5.74) is 3.90. The van der Waals surface area contributed by atoms with E-state index >= 15 is 0 Å².